The van der Waals surface area contributed by atoms with Crippen molar-refractivity contribution in [2.75, 3.05) is 7.05 Å². The van der Waals surface area contributed by atoms with E-state index in [0.717, 1.165) is 38.5 Å². The summed E-state index contributed by atoms with van der Waals surface area (Å²) < 4.78 is 0. The number of carboxylic acids is 1. The van der Waals surface area contributed by atoms with Gasteiger partial charge in [-0.15, -0.1) is 0 Å². The van der Waals surface area contributed by atoms with Gasteiger partial charge in [0, 0.05) is 18.5 Å². The van der Waals surface area contributed by atoms with Crippen molar-refractivity contribution in [3.05, 3.63) is 35.9 Å². The van der Waals surface area contributed by atoms with Gasteiger partial charge in [-0.1, -0.05) is 62.4 Å². The van der Waals surface area contributed by atoms with Crippen LogP contribution in [0.1, 0.15) is 63.4 Å². The van der Waals surface area contributed by atoms with Crippen molar-refractivity contribution in [3.8, 4) is 0 Å². The Hall–Kier alpha value is -1.39. The second-order valence-corrected chi connectivity index (χ2v) is 7.43. The molecule has 0 unspecified atom stereocenters. The number of carbonyl (C=O) groups is 1. The fourth-order valence-corrected chi connectivity index (χ4v) is 3.96. The molecule has 1 heterocycles. The number of rotatable bonds is 11. The molecule has 4 nitrogen and oxygen atoms in total. The molecule has 1 aliphatic heterocycles. The van der Waals surface area contributed by atoms with Crippen molar-refractivity contribution in [2.24, 2.45) is 0 Å². The third kappa shape index (κ3) is 6.79. The summed E-state index contributed by atoms with van der Waals surface area (Å²) >= 11 is 0. The van der Waals surface area contributed by atoms with E-state index in [2.05, 4.69) is 36.2 Å². The minimum absolute atomic E-state index is 0.225. The number of carboxylic acid groups (broad SMARTS) is 1. The van der Waals surface area contributed by atoms with Crippen molar-refractivity contribution in [2.45, 2.75) is 82.4 Å². The van der Waals surface area contributed by atoms with Crippen molar-refractivity contribution in [1.82, 2.24) is 4.90 Å². The average Bonchev–Trinajstić information content (AvgIpc) is 2.85. The van der Waals surface area contributed by atoms with Crippen molar-refractivity contribution < 1.29 is 15.0 Å². The number of benzene rings is 1. The predicted octanol–water partition coefficient (Wildman–Crippen LogP) is 3.87. The molecule has 0 aliphatic carbocycles. The van der Waals surface area contributed by atoms with E-state index in [-0.39, 0.29) is 12.1 Å². The lowest BCUT2D eigenvalue weighted by Crippen LogP contribution is -2.37. The van der Waals surface area contributed by atoms with Crippen LogP contribution in [0.15, 0.2) is 30.3 Å². The van der Waals surface area contributed by atoms with Gasteiger partial charge in [-0.3, -0.25) is 9.69 Å². The first kappa shape index (κ1) is 19.9. The van der Waals surface area contributed by atoms with Crippen LogP contribution in [0.2, 0.25) is 0 Å². The first-order valence-corrected chi connectivity index (χ1v) is 9.73. The van der Waals surface area contributed by atoms with Gasteiger partial charge in [0.2, 0.25) is 0 Å². The first-order valence-electron chi connectivity index (χ1n) is 9.73. The van der Waals surface area contributed by atoms with Crippen LogP contribution < -0.4 is 0 Å². The van der Waals surface area contributed by atoms with Gasteiger partial charge in [0.1, 0.15) is 0 Å². The zero-order valence-electron chi connectivity index (χ0n) is 15.4. The molecule has 0 aromatic heterocycles. The van der Waals surface area contributed by atoms with E-state index in [4.69, 9.17) is 5.11 Å². The lowest BCUT2D eigenvalue weighted by Gasteiger charge is -2.26. The van der Waals surface area contributed by atoms with Crippen LogP contribution in [0.4, 0.5) is 0 Å². The van der Waals surface area contributed by atoms with E-state index in [0.29, 0.717) is 12.5 Å². The zero-order valence-corrected chi connectivity index (χ0v) is 15.4. The summed E-state index contributed by atoms with van der Waals surface area (Å²) in [4.78, 5) is 12.8. The van der Waals surface area contributed by atoms with Crippen LogP contribution in [0.5, 0.6) is 0 Å². The number of hydrogen-bond donors (Lipinski definition) is 2. The Bertz CT molecular complexity index is 505. The molecule has 1 aromatic carbocycles. The lowest BCUT2D eigenvalue weighted by atomic mass is 10.0. The van der Waals surface area contributed by atoms with Crippen LogP contribution in [-0.4, -0.2) is 46.3 Å². The summed E-state index contributed by atoms with van der Waals surface area (Å²) in [6, 6.07) is 11.1. The average molecular weight is 347 g/mol. The highest BCUT2D eigenvalue weighted by atomic mass is 16.4. The SMILES string of the molecule is CN1[C@H](CCCCCCCCC(=O)O)C[C@H](O)[C@@H]1Cc1ccccc1. The number of aliphatic carboxylic acids is 1. The Morgan fingerprint density at radius 3 is 2.40 bits per heavy atom. The maximum Gasteiger partial charge on any atom is 0.303 e. The smallest absolute Gasteiger partial charge is 0.303 e. The Balaban J connectivity index is 1.62. The molecular formula is C21H33NO3. The molecule has 0 amide bonds. The van der Waals surface area contributed by atoms with E-state index in [1.54, 1.807) is 0 Å². The van der Waals surface area contributed by atoms with Gasteiger partial charge in [0.05, 0.1) is 6.10 Å². The van der Waals surface area contributed by atoms with Gasteiger partial charge < -0.3 is 10.2 Å². The van der Waals surface area contributed by atoms with Gasteiger partial charge >= 0.3 is 5.97 Å². The summed E-state index contributed by atoms with van der Waals surface area (Å²) in [5, 5.41) is 19.1. The van der Waals surface area contributed by atoms with Crippen LogP contribution in [0, 0.1) is 0 Å². The van der Waals surface area contributed by atoms with Gasteiger partial charge in [-0.25, -0.2) is 0 Å². The fraction of sp³-hybridized carbons (Fsp3) is 0.667. The predicted molar refractivity (Wildman–Crippen MR) is 101 cm³/mol. The monoisotopic (exact) mass is 347 g/mol. The summed E-state index contributed by atoms with van der Waals surface area (Å²) in [5.41, 5.74) is 1.29. The van der Waals surface area contributed by atoms with Crippen molar-refractivity contribution in [3.63, 3.8) is 0 Å². The van der Waals surface area contributed by atoms with Crippen LogP contribution in [0.25, 0.3) is 0 Å². The number of likely N-dealkylation sites (N-methyl/N-ethyl adjacent to an activating group) is 1. The Kier molecular flexibility index (Phi) is 8.42. The topological polar surface area (TPSA) is 60.8 Å². The van der Waals surface area contributed by atoms with E-state index in [9.17, 15) is 9.90 Å². The van der Waals surface area contributed by atoms with Gasteiger partial charge in [0.25, 0.3) is 0 Å². The molecule has 2 rings (SSSR count). The Labute approximate surface area is 151 Å². The summed E-state index contributed by atoms with van der Waals surface area (Å²) in [6.07, 6.45) is 9.55. The van der Waals surface area contributed by atoms with E-state index in [1.807, 2.05) is 6.07 Å². The molecule has 140 valence electrons. The highest BCUT2D eigenvalue weighted by molar-refractivity contribution is 5.66. The molecule has 0 radical (unpaired) electrons. The molecule has 1 aliphatic rings. The number of hydrogen-bond acceptors (Lipinski definition) is 3. The molecule has 0 bridgehead atoms. The number of nitrogens with zero attached hydrogens (tertiary/aromatic N) is 1. The Morgan fingerprint density at radius 1 is 1.08 bits per heavy atom. The largest absolute Gasteiger partial charge is 0.481 e. The third-order valence-electron chi connectivity index (χ3n) is 5.52. The molecule has 25 heavy (non-hydrogen) atoms. The molecule has 4 heteroatoms. The van der Waals surface area contributed by atoms with Gasteiger partial charge in [-0.2, -0.15) is 0 Å². The van der Waals surface area contributed by atoms with E-state index < -0.39 is 5.97 Å². The van der Waals surface area contributed by atoms with Gasteiger partial charge in [0.15, 0.2) is 0 Å². The molecule has 0 spiro atoms. The van der Waals surface area contributed by atoms with Crippen molar-refractivity contribution in [1.29, 1.82) is 0 Å². The molecule has 1 fully saturated rings. The highest BCUT2D eigenvalue weighted by Crippen LogP contribution is 2.29. The second kappa shape index (κ2) is 10.6. The Morgan fingerprint density at radius 2 is 1.72 bits per heavy atom. The molecule has 0 saturated carbocycles. The second-order valence-electron chi connectivity index (χ2n) is 7.43. The molecular weight excluding hydrogens is 314 g/mol. The lowest BCUT2D eigenvalue weighted by molar-refractivity contribution is -0.137. The standard InChI is InChI=1S/C21H33NO3/c1-22-18(13-9-4-2-3-5-10-14-21(24)25)16-20(23)19(22)15-17-11-7-6-8-12-17/h6-8,11-12,18-20,23H,2-5,9-10,13-16H2,1H3,(H,24,25)/t18-,19+,20+/m1/s1. The quantitative estimate of drug-likeness (QED) is 0.597. The molecule has 1 aromatic rings. The normalized spacial score (nSPS) is 23.8. The minimum Gasteiger partial charge on any atom is -0.481 e. The molecule has 1 saturated heterocycles. The maximum atomic E-state index is 10.5. The summed E-state index contributed by atoms with van der Waals surface area (Å²) in [7, 11) is 2.15. The molecule has 2 N–H and O–H groups in total. The van der Waals surface area contributed by atoms with Crippen LogP contribution in [0.3, 0.4) is 0 Å². The van der Waals surface area contributed by atoms with Crippen LogP contribution in [-0.2, 0) is 11.2 Å². The summed E-state index contributed by atoms with van der Waals surface area (Å²) in [6.45, 7) is 0. The maximum absolute atomic E-state index is 10.5. The number of likely N-dealkylation sites (tertiary alicyclic amines) is 1. The molecule has 3 atom stereocenters. The van der Waals surface area contributed by atoms with Crippen LogP contribution >= 0.6 is 0 Å². The van der Waals surface area contributed by atoms with E-state index in [1.165, 1.54) is 24.8 Å². The van der Waals surface area contributed by atoms with Gasteiger partial charge in [-0.05, 0) is 38.3 Å². The number of aliphatic hydroxyl groups is 1. The number of aliphatic hydroxyl groups excluding tert-OH is 1. The van der Waals surface area contributed by atoms with Crippen molar-refractivity contribution >= 4 is 5.97 Å². The van der Waals surface area contributed by atoms with E-state index >= 15 is 0 Å². The fourth-order valence-electron chi connectivity index (χ4n) is 3.96. The minimum atomic E-state index is -0.687. The number of unbranched alkanes of at least 4 members (excludes halogenated alkanes) is 5. The zero-order chi connectivity index (χ0) is 18.1. The highest BCUT2D eigenvalue weighted by Gasteiger charge is 2.37. The first-order chi connectivity index (χ1) is 12.1. The summed E-state index contributed by atoms with van der Waals surface area (Å²) in [5.74, 6) is -0.687. The third-order valence-corrected chi connectivity index (χ3v) is 5.52.